The number of aromatic nitrogens is 1. The number of amides is 1. The summed E-state index contributed by atoms with van der Waals surface area (Å²) >= 11 is 1.62. The van der Waals surface area contributed by atoms with E-state index in [0.717, 1.165) is 32.0 Å². The van der Waals surface area contributed by atoms with E-state index in [2.05, 4.69) is 11.4 Å². The van der Waals surface area contributed by atoms with Crippen LogP contribution in [-0.2, 0) is 11.2 Å². The molecular formula is C22H18N2O2S. The van der Waals surface area contributed by atoms with Crippen LogP contribution in [0.2, 0.25) is 0 Å². The first kappa shape index (κ1) is 17.2. The summed E-state index contributed by atoms with van der Waals surface area (Å²) in [5.41, 5.74) is 3.51. The average Bonchev–Trinajstić information content (AvgIpc) is 3.13. The van der Waals surface area contributed by atoms with Crippen LogP contribution in [0, 0.1) is 0 Å². The van der Waals surface area contributed by atoms with Gasteiger partial charge in [-0.05, 0) is 30.3 Å². The Hall–Kier alpha value is -3.18. The molecule has 0 spiro atoms. The molecule has 0 saturated carbocycles. The fraction of sp³-hybridized carbons (Fsp3) is 0.0909. The van der Waals surface area contributed by atoms with Gasteiger partial charge in [-0.2, -0.15) is 0 Å². The van der Waals surface area contributed by atoms with Crippen molar-refractivity contribution in [1.29, 1.82) is 0 Å². The van der Waals surface area contributed by atoms with Gasteiger partial charge in [0.2, 0.25) is 5.91 Å². The first-order valence-electron chi connectivity index (χ1n) is 8.61. The maximum atomic E-state index is 12.6. The van der Waals surface area contributed by atoms with E-state index < -0.39 is 0 Å². The lowest BCUT2D eigenvalue weighted by molar-refractivity contribution is -0.115. The number of thiazole rings is 1. The Labute approximate surface area is 161 Å². The molecule has 0 aliphatic heterocycles. The number of para-hydroxylation sites is 3. The average molecular weight is 374 g/mol. The minimum atomic E-state index is -0.0898. The normalized spacial score (nSPS) is 10.7. The Morgan fingerprint density at radius 2 is 1.74 bits per heavy atom. The Bertz CT molecular complexity index is 1070. The molecule has 27 heavy (non-hydrogen) atoms. The smallest absolute Gasteiger partial charge is 0.228 e. The molecule has 134 valence electrons. The molecule has 0 saturated heterocycles. The fourth-order valence-electron chi connectivity index (χ4n) is 2.98. The summed E-state index contributed by atoms with van der Waals surface area (Å²) in [6.45, 7) is 0. The second kappa shape index (κ2) is 7.60. The molecule has 0 radical (unpaired) electrons. The molecule has 0 aliphatic carbocycles. The van der Waals surface area contributed by atoms with Crippen LogP contribution in [0.15, 0.2) is 72.8 Å². The largest absolute Gasteiger partial charge is 0.496 e. The molecule has 1 aromatic heterocycles. The highest BCUT2D eigenvalue weighted by Crippen LogP contribution is 2.34. The zero-order valence-electron chi connectivity index (χ0n) is 14.8. The third-order valence-corrected chi connectivity index (χ3v) is 5.34. The standard InChI is InChI=1S/C22H18N2O2S/c1-26-19-12-6-2-8-15(19)14-21(25)23-17-10-4-3-9-16(17)22-24-18-11-5-7-13-20(18)27-22/h2-13H,14H2,1H3,(H,23,25). The topological polar surface area (TPSA) is 51.2 Å². The van der Waals surface area contributed by atoms with Gasteiger partial charge in [0.05, 0.1) is 29.4 Å². The van der Waals surface area contributed by atoms with Crippen LogP contribution in [-0.4, -0.2) is 18.0 Å². The minimum absolute atomic E-state index is 0.0898. The van der Waals surface area contributed by atoms with Crippen molar-refractivity contribution in [3.8, 4) is 16.3 Å². The molecule has 0 atom stereocenters. The van der Waals surface area contributed by atoms with Crippen molar-refractivity contribution in [2.24, 2.45) is 0 Å². The predicted molar refractivity (Wildman–Crippen MR) is 110 cm³/mol. The van der Waals surface area contributed by atoms with Gasteiger partial charge in [0, 0.05) is 11.1 Å². The molecule has 1 heterocycles. The number of carbonyl (C=O) groups is 1. The summed E-state index contributed by atoms with van der Waals surface area (Å²) in [5, 5.41) is 3.92. The summed E-state index contributed by atoms with van der Waals surface area (Å²) in [4.78, 5) is 17.3. The number of nitrogens with one attached hydrogen (secondary N) is 1. The van der Waals surface area contributed by atoms with Gasteiger partial charge in [-0.1, -0.05) is 42.5 Å². The molecule has 4 nitrogen and oxygen atoms in total. The molecule has 0 unspecified atom stereocenters. The zero-order valence-corrected chi connectivity index (χ0v) is 15.6. The molecule has 5 heteroatoms. The molecule has 0 aliphatic rings. The highest BCUT2D eigenvalue weighted by atomic mass is 32.1. The van der Waals surface area contributed by atoms with Crippen LogP contribution in [0.4, 0.5) is 5.69 Å². The van der Waals surface area contributed by atoms with Crippen molar-refractivity contribution >= 4 is 33.1 Å². The Morgan fingerprint density at radius 3 is 2.59 bits per heavy atom. The van der Waals surface area contributed by atoms with E-state index in [9.17, 15) is 4.79 Å². The van der Waals surface area contributed by atoms with E-state index in [1.54, 1.807) is 18.4 Å². The Kier molecular flexibility index (Phi) is 4.85. The number of fused-ring (bicyclic) bond motifs is 1. The number of ether oxygens (including phenoxy) is 1. The summed E-state index contributed by atoms with van der Waals surface area (Å²) in [6.07, 6.45) is 0.248. The van der Waals surface area contributed by atoms with E-state index in [1.165, 1.54) is 0 Å². The second-order valence-electron chi connectivity index (χ2n) is 6.07. The molecule has 1 N–H and O–H groups in total. The molecule has 0 bridgehead atoms. The number of carbonyl (C=O) groups excluding carboxylic acids is 1. The third kappa shape index (κ3) is 3.68. The van der Waals surface area contributed by atoms with Gasteiger partial charge in [-0.3, -0.25) is 4.79 Å². The van der Waals surface area contributed by atoms with E-state index in [0.29, 0.717) is 5.75 Å². The van der Waals surface area contributed by atoms with E-state index in [-0.39, 0.29) is 12.3 Å². The lowest BCUT2D eigenvalue weighted by Gasteiger charge is -2.11. The molecular weight excluding hydrogens is 356 g/mol. The summed E-state index contributed by atoms with van der Waals surface area (Å²) in [7, 11) is 1.61. The van der Waals surface area contributed by atoms with Crippen LogP contribution in [0.25, 0.3) is 20.8 Å². The maximum absolute atomic E-state index is 12.6. The fourth-order valence-corrected chi connectivity index (χ4v) is 3.99. The third-order valence-electron chi connectivity index (χ3n) is 4.27. The van der Waals surface area contributed by atoms with E-state index in [1.807, 2.05) is 66.7 Å². The molecule has 1 amide bonds. The number of rotatable bonds is 5. The minimum Gasteiger partial charge on any atom is -0.496 e. The number of hydrogen-bond acceptors (Lipinski definition) is 4. The monoisotopic (exact) mass is 374 g/mol. The Morgan fingerprint density at radius 1 is 1.00 bits per heavy atom. The quantitative estimate of drug-likeness (QED) is 0.525. The molecule has 3 aromatic carbocycles. The van der Waals surface area contributed by atoms with E-state index in [4.69, 9.17) is 9.72 Å². The van der Waals surface area contributed by atoms with Crippen molar-refractivity contribution < 1.29 is 9.53 Å². The van der Waals surface area contributed by atoms with Gasteiger partial charge in [0.1, 0.15) is 10.8 Å². The Balaban J connectivity index is 1.60. The number of methoxy groups -OCH3 is 1. The SMILES string of the molecule is COc1ccccc1CC(=O)Nc1ccccc1-c1nc2ccccc2s1. The highest BCUT2D eigenvalue weighted by molar-refractivity contribution is 7.21. The van der Waals surface area contributed by atoms with Crippen LogP contribution < -0.4 is 10.1 Å². The summed E-state index contributed by atoms with van der Waals surface area (Å²) in [5.74, 6) is 0.625. The number of benzene rings is 3. The van der Waals surface area contributed by atoms with E-state index >= 15 is 0 Å². The number of anilines is 1. The lowest BCUT2D eigenvalue weighted by Crippen LogP contribution is -2.15. The zero-order chi connectivity index (χ0) is 18.6. The second-order valence-corrected chi connectivity index (χ2v) is 7.10. The van der Waals surface area contributed by atoms with Gasteiger partial charge in [-0.15, -0.1) is 11.3 Å². The number of nitrogens with zero attached hydrogens (tertiary/aromatic N) is 1. The van der Waals surface area contributed by atoms with Crippen molar-refractivity contribution in [3.63, 3.8) is 0 Å². The number of hydrogen-bond donors (Lipinski definition) is 1. The molecule has 4 aromatic rings. The predicted octanol–water partition coefficient (Wildman–Crippen LogP) is 5.15. The first-order chi connectivity index (χ1) is 13.2. The highest BCUT2D eigenvalue weighted by Gasteiger charge is 2.14. The van der Waals surface area contributed by atoms with Crippen molar-refractivity contribution in [2.45, 2.75) is 6.42 Å². The van der Waals surface area contributed by atoms with Crippen molar-refractivity contribution in [2.75, 3.05) is 12.4 Å². The van der Waals surface area contributed by atoms with Crippen LogP contribution in [0.1, 0.15) is 5.56 Å². The van der Waals surface area contributed by atoms with Gasteiger partial charge in [0.15, 0.2) is 0 Å². The summed E-state index contributed by atoms with van der Waals surface area (Å²) < 4.78 is 6.46. The van der Waals surface area contributed by atoms with Gasteiger partial charge in [-0.25, -0.2) is 4.98 Å². The van der Waals surface area contributed by atoms with Crippen LogP contribution in [0.5, 0.6) is 5.75 Å². The van der Waals surface area contributed by atoms with Crippen LogP contribution in [0.3, 0.4) is 0 Å². The molecule has 0 fully saturated rings. The summed E-state index contributed by atoms with van der Waals surface area (Å²) in [6, 6.07) is 23.3. The van der Waals surface area contributed by atoms with Gasteiger partial charge in [0.25, 0.3) is 0 Å². The maximum Gasteiger partial charge on any atom is 0.228 e. The van der Waals surface area contributed by atoms with Gasteiger partial charge < -0.3 is 10.1 Å². The molecule has 4 rings (SSSR count). The van der Waals surface area contributed by atoms with Crippen molar-refractivity contribution in [3.05, 3.63) is 78.4 Å². The lowest BCUT2D eigenvalue weighted by atomic mass is 10.1. The van der Waals surface area contributed by atoms with Crippen molar-refractivity contribution in [1.82, 2.24) is 4.98 Å². The van der Waals surface area contributed by atoms with Crippen LogP contribution >= 0.6 is 11.3 Å². The van der Waals surface area contributed by atoms with Gasteiger partial charge >= 0.3 is 0 Å². The first-order valence-corrected chi connectivity index (χ1v) is 9.43.